The molecule has 1 unspecified atom stereocenters. The number of halogens is 1. The summed E-state index contributed by atoms with van der Waals surface area (Å²) in [6.07, 6.45) is 5.48. The van der Waals surface area contributed by atoms with Crippen molar-refractivity contribution in [1.82, 2.24) is 5.32 Å². The fourth-order valence-corrected chi connectivity index (χ4v) is 4.84. The summed E-state index contributed by atoms with van der Waals surface area (Å²) in [5, 5.41) is 3.54. The number of rotatable bonds is 3. The third-order valence-electron chi connectivity index (χ3n) is 3.97. The monoisotopic (exact) mass is 301 g/mol. The Balaban J connectivity index is 2.32. The summed E-state index contributed by atoms with van der Waals surface area (Å²) >= 11 is 5.44. The van der Waals surface area contributed by atoms with Crippen molar-refractivity contribution in [2.24, 2.45) is 5.41 Å². The summed E-state index contributed by atoms with van der Waals surface area (Å²) in [5.74, 6) is 0. The molecule has 1 saturated carbocycles. The van der Waals surface area contributed by atoms with Crippen molar-refractivity contribution in [1.29, 1.82) is 0 Å². The minimum absolute atomic E-state index is 0.444. The highest BCUT2D eigenvalue weighted by Crippen LogP contribution is 2.49. The van der Waals surface area contributed by atoms with E-state index in [9.17, 15) is 0 Å². The lowest BCUT2D eigenvalue weighted by Gasteiger charge is -2.34. The van der Waals surface area contributed by atoms with Gasteiger partial charge in [0.2, 0.25) is 0 Å². The summed E-state index contributed by atoms with van der Waals surface area (Å²) in [5.41, 5.74) is 1.93. The van der Waals surface area contributed by atoms with Crippen molar-refractivity contribution in [3.8, 4) is 0 Å². The van der Waals surface area contributed by atoms with Gasteiger partial charge in [0.05, 0.1) is 3.79 Å². The summed E-state index contributed by atoms with van der Waals surface area (Å²) in [4.78, 5) is 1.44. The lowest BCUT2D eigenvalue weighted by molar-refractivity contribution is 0.233. The molecule has 1 nitrogen and oxygen atoms in total. The maximum absolute atomic E-state index is 3.60. The van der Waals surface area contributed by atoms with Gasteiger partial charge in [-0.1, -0.05) is 19.8 Å². The molecule has 1 heterocycles. The first-order chi connectivity index (χ1) is 7.57. The zero-order valence-corrected chi connectivity index (χ0v) is 12.7. The van der Waals surface area contributed by atoms with E-state index in [4.69, 9.17) is 0 Å². The van der Waals surface area contributed by atoms with Gasteiger partial charge in [0.15, 0.2) is 0 Å². The molecular weight excluding hydrogens is 282 g/mol. The fraction of sp³-hybridized carbons (Fsp3) is 0.692. The molecule has 1 atom stereocenters. The van der Waals surface area contributed by atoms with Gasteiger partial charge in [-0.3, -0.25) is 0 Å². The van der Waals surface area contributed by atoms with Crippen molar-refractivity contribution < 1.29 is 0 Å². The molecule has 1 fully saturated rings. The molecule has 90 valence electrons. The predicted octanol–water partition coefficient (Wildman–Crippen LogP) is 4.66. The van der Waals surface area contributed by atoms with Crippen LogP contribution in [0.4, 0.5) is 0 Å². The van der Waals surface area contributed by atoms with Gasteiger partial charge in [-0.25, -0.2) is 0 Å². The second-order valence-electron chi connectivity index (χ2n) is 5.14. The molecule has 2 rings (SSSR count). The average molecular weight is 302 g/mol. The van der Waals surface area contributed by atoms with E-state index in [-0.39, 0.29) is 0 Å². The first-order valence-electron chi connectivity index (χ1n) is 6.00. The normalized spacial score (nSPS) is 21.2. The Hall–Kier alpha value is 0.140. The highest BCUT2D eigenvalue weighted by molar-refractivity contribution is 9.11. The predicted molar refractivity (Wildman–Crippen MR) is 75.1 cm³/mol. The second kappa shape index (κ2) is 4.79. The highest BCUT2D eigenvalue weighted by Gasteiger charge is 2.38. The van der Waals surface area contributed by atoms with E-state index < -0.39 is 0 Å². The topological polar surface area (TPSA) is 12.0 Å². The van der Waals surface area contributed by atoms with Crippen molar-refractivity contribution in [3.05, 3.63) is 20.3 Å². The van der Waals surface area contributed by atoms with Gasteiger partial charge < -0.3 is 5.32 Å². The molecule has 3 heteroatoms. The maximum Gasteiger partial charge on any atom is 0.0704 e. The van der Waals surface area contributed by atoms with Gasteiger partial charge in [0.1, 0.15) is 0 Å². The van der Waals surface area contributed by atoms with Gasteiger partial charge in [0, 0.05) is 10.9 Å². The van der Waals surface area contributed by atoms with Gasteiger partial charge in [0.25, 0.3) is 0 Å². The standard InChI is InChI=1S/C13H20BrNS/c1-9-10(8-11(14)16-9)12(15-3)13(2)6-4-5-7-13/h8,12,15H,4-7H2,1-3H3. The zero-order chi connectivity index (χ0) is 11.8. The van der Waals surface area contributed by atoms with Crippen molar-refractivity contribution in [2.75, 3.05) is 7.05 Å². The number of hydrogen-bond acceptors (Lipinski definition) is 2. The third-order valence-corrected chi connectivity index (χ3v) is 5.54. The molecule has 0 radical (unpaired) electrons. The van der Waals surface area contributed by atoms with Crippen molar-refractivity contribution in [2.45, 2.75) is 45.6 Å². The molecule has 1 aromatic rings. The van der Waals surface area contributed by atoms with Gasteiger partial charge in [-0.05, 0) is 59.8 Å². The van der Waals surface area contributed by atoms with Crippen LogP contribution in [0.3, 0.4) is 0 Å². The van der Waals surface area contributed by atoms with Gasteiger partial charge in [-0.2, -0.15) is 0 Å². The van der Waals surface area contributed by atoms with E-state index in [1.165, 1.54) is 39.9 Å². The van der Waals surface area contributed by atoms with Crippen LogP contribution in [0.5, 0.6) is 0 Å². The third kappa shape index (κ3) is 2.22. The van der Waals surface area contributed by atoms with Crippen LogP contribution in [-0.4, -0.2) is 7.05 Å². The molecule has 0 amide bonds. The van der Waals surface area contributed by atoms with Gasteiger partial charge in [-0.15, -0.1) is 11.3 Å². The molecule has 0 spiro atoms. The summed E-state index contributed by atoms with van der Waals surface area (Å²) in [7, 11) is 2.10. The molecule has 0 aliphatic heterocycles. The van der Waals surface area contributed by atoms with Crippen LogP contribution in [0.25, 0.3) is 0 Å². The first kappa shape index (κ1) is 12.6. The minimum atomic E-state index is 0.444. The number of nitrogens with one attached hydrogen (secondary N) is 1. The Morgan fingerprint density at radius 3 is 2.50 bits per heavy atom. The quantitative estimate of drug-likeness (QED) is 0.856. The Kier molecular flexibility index (Phi) is 3.77. The van der Waals surface area contributed by atoms with E-state index >= 15 is 0 Å². The number of aryl methyl sites for hydroxylation is 1. The molecule has 16 heavy (non-hydrogen) atoms. The van der Waals surface area contributed by atoms with Crippen molar-refractivity contribution in [3.63, 3.8) is 0 Å². The lowest BCUT2D eigenvalue weighted by atomic mass is 9.77. The molecule has 0 saturated heterocycles. The molecule has 0 aromatic carbocycles. The Labute approximate surface area is 111 Å². The van der Waals surface area contributed by atoms with E-state index in [2.05, 4.69) is 48.2 Å². The zero-order valence-electron chi connectivity index (χ0n) is 10.3. The van der Waals surface area contributed by atoms with E-state index in [0.29, 0.717) is 11.5 Å². The van der Waals surface area contributed by atoms with Crippen LogP contribution in [0, 0.1) is 12.3 Å². The Bertz CT molecular complexity index is 366. The summed E-state index contributed by atoms with van der Waals surface area (Å²) < 4.78 is 1.25. The van der Waals surface area contributed by atoms with Crippen LogP contribution in [0.15, 0.2) is 9.85 Å². The smallest absolute Gasteiger partial charge is 0.0704 e. The summed E-state index contributed by atoms with van der Waals surface area (Å²) in [6.45, 7) is 4.67. The molecule has 1 N–H and O–H groups in total. The van der Waals surface area contributed by atoms with Crippen LogP contribution in [0.1, 0.15) is 49.1 Å². The lowest BCUT2D eigenvalue weighted by Crippen LogP contribution is -2.32. The second-order valence-corrected chi connectivity index (χ2v) is 7.78. The van der Waals surface area contributed by atoms with E-state index in [1.807, 2.05) is 11.3 Å². The number of hydrogen-bond donors (Lipinski definition) is 1. The van der Waals surface area contributed by atoms with E-state index in [0.717, 1.165) is 0 Å². The number of thiophene rings is 1. The van der Waals surface area contributed by atoms with Crippen LogP contribution in [-0.2, 0) is 0 Å². The molecular formula is C13H20BrNS. The summed E-state index contributed by atoms with van der Waals surface area (Å²) in [6, 6.07) is 2.81. The largest absolute Gasteiger partial charge is 0.313 e. The Morgan fingerprint density at radius 1 is 1.44 bits per heavy atom. The molecule has 1 aliphatic rings. The van der Waals surface area contributed by atoms with Crippen molar-refractivity contribution >= 4 is 27.3 Å². The Morgan fingerprint density at radius 2 is 2.06 bits per heavy atom. The van der Waals surface area contributed by atoms with Crippen LogP contribution in [0.2, 0.25) is 0 Å². The average Bonchev–Trinajstić information content (AvgIpc) is 2.76. The molecule has 1 aromatic heterocycles. The first-order valence-corrected chi connectivity index (χ1v) is 7.61. The molecule has 0 bridgehead atoms. The SMILES string of the molecule is CNC(c1cc(Br)sc1C)C1(C)CCCC1. The minimum Gasteiger partial charge on any atom is -0.313 e. The van der Waals surface area contributed by atoms with Gasteiger partial charge >= 0.3 is 0 Å². The van der Waals surface area contributed by atoms with E-state index in [1.54, 1.807) is 0 Å². The van der Waals surface area contributed by atoms with Crippen LogP contribution < -0.4 is 5.32 Å². The fourth-order valence-electron chi connectivity index (χ4n) is 3.10. The molecule has 1 aliphatic carbocycles. The highest BCUT2D eigenvalue weighted by atomic mass is 79.9. The maximum atomic E-state index is 3.60. The van der Waals surface area contributed by atoms with Crippen LogP contribution >= 0.6 is 27.3 Å².